The molecule has 2 aromatic carbocycles. The zero-order chi connectivity index (χ0) is 19.3. The van der Waals surface area contributed by atoms with Crippen LogP contribution in [0, 0.1) is 6.92 Å². The van der Waals surface area contributed by atoms with Crippen LogP contribution in [0.3, 0.4) is 0 Å². The van der Waals surface area contributed by atoms with Crippen molar-refractivity contribution < 1.29 is 10.3 Å². The lowest BCUT2D eigenvalue weighted by Crippen LogP contribution is -2.10. The molecule has 0 spiro atoms. The van der Waals surface area contributed by atoms with Crippen molar-refractivity contribution in [3.8, 4) is 22.4 Å². The number of aryl methyl sites for hydroxylation is 2. The van der Waals surface area contributed by atoms with E-state index >= 15 is 0 Å². The van der Waals surface area contributed by atoms with Crippen LogP contribution in [0.2, 0.25) is 0 Å². The number of carbonyl (C=O) groups is 1. The number of hydrogen-bond acceptors (Lipinski definition) is 3. The van der Waals surface area contributed by atoms with Gasteiger partial charge in [-0.25, -0.2) is 0 Å². The van der Waals surface area contributed by atoms with Gasteiger partial charge in [0, 0.05) is 40.5 Å². The largest absolute Gasteiger partial charge is 0.412 e. The third-order valence-electron chi connectivity index (χ3n) is 5.43. The van der Waals surface area contributed by atoms with Gasteiger partial charge in [-0.1, -0.05) is 23.8 Å². The fourth-order valence-electron chi connectivity index (χ4n) is 4.13. The number of rotatable bonds is 3. The molecule has 0 saturated carbocycles. The number of nitrogens with two attached hydrogens (primary N) is 1. The van der Waals surface area contributed by atoms with E-state index in [1.807, 2.05) is 24.4 Å². The van der Waals surface area contributed by atoms with Crippen LogP contribution in [-0.2, 0) is 13.0 Å². The molecule has 6 nitrogen and oxygen atoms in total. The van der Waals surface area contributed by atoms with E-state index in [1.54, 1.807) is 6.07 Å². The highest BCUT2D eigenvalue weighted by molar-refractivity contribution is 6.03. The van der Waals surface area contributed by atoms with Gasteiger partial charge in [0.2, 0.25) is 5.91 Å². The van der Waals surface area contributed by atoms with Gasteiger partial charge in [0.1, 0.15) is 5.69 Å². The van der Waals surface area contributed by atoms with Gasteiger partial charge in [0.05, 0.1) is 5.52 Å². The summed E-state index contributed by atoms with van der Waals surface area (Å²) in [4.78, 5) is 16.2. The fraction of sp³-hybridized carbons (Fsp3) is 0.174. The Morgan fingerprint density at radius 3 is 2.79 bits per heavy atom. The molecule has 4 N–H and O–H groups in total. The van der Waals surface area contributed by atoms with Crippen molar-refractivity contribution in [2.75, 3.05) is 0 Å². The average Bonchev–Trinajstić information content (AvgIpc) is 3.28. The van der Waals surface area contributed by atoms with Gasteiger partial charge in [0.15, 0.2) is 0 Å². The summed E-state index contributed by atoms with van der Waals surface area (Å²) < 4.78 is 2.12. The SMILES string of the molecule is Cc1cccc(-c2nn3c(c2-c2ccnc4ccc(C(N)=O)cc24)CCC3)c1.O. The van der Waals surface area contributed by atoms with Crippen LogP contribution >= 0.6 is 0 Å². The second kappa shape index (κ2) is 7.14. The molecule has 1 amide bonds. The molecule has 0 radical (unpaired) electrons. The molecule has 0 aliphatic carbocycles. The van der Waals surface area contributed by atoms with Gasteiger partial charge in [-0.05, 0) is 55.7 Å². The van der Waals surface area contributed by atoms with E-state index in [9.17, 15) is 4.79 Å². The minimum Gasteiger partial charge on any atom is -0.412 e. The van der Waals surface area contributed by atoms with Crippen LogP contribution in [-0.4, -0.2) is 26.1 Å². The number of aromatic nitrogens is 3. The van der Waals surface area contributed by atoms with Crippen LogP contribution in [0.25, 0.3) is 33.3 Å². The lowest BCUT2D eigenvalue weighted by molar-refractivity contribution is 0.100. The molecule has 1 aliphatic rings. The maximum atomic E-state index is 11.7. The molecule has 2 aromatic heterocycles. The first-order chi connectivity index (χ1) is 13.6. The quantitative estimate of drug-likeness (QED) is 0.584. The standard InChI is InChI=1S/C23H20N4O.H2O/c1-14-4-2-5-15(12-14)22-21(20-6-3-11-27(20)26-22)17-9-10-25-19-8-7-16(23(24)28)13-18(17)19;/h2,4-5,7-10,12-13H,3,6,11H2,1H3,(H2,24,28);1H2. The lowest BCUT2D eigenvalue weighted by atomic mass is 9.94. The number of nitrogens with zero attached hydrogens (tertiary/aromatic N) is 3. The molecular weight excluding hydrogens is 364 g/mol. The van der Waals surface area contributed by atoms with E-state index in [4.69, 9.17) is 10.8 Å². The maximum absolute atomic E-state index is 11.7. The van der Waals surface area contributed by atoms with Crippen LogP contribution in [0.1, 0.15) is 28.0 Å². The first-order valence-corrected chi connectivity index (χ1v) is 9.47. The second-order valence-corrected chi connectivity index (χ2v) is 7.32. The Labute approximate surface area is 168 Å². The van der Waals surface area contributed by atoms with Gasteiger partial charge in [-0.15, -0.1) is 0 Å². The molecule has 29 heavy (non-hydrogen) atoms. The number of hydrogen-bond donors (Lipinski definition) is 1. The number of fused-ring (bicyclic) bond motifs is 2. The van der Waals surface area contributed by atoms with Crippen molar-refractivity contribution in [2.45, 2.75) is 26.3 Å². The second-order valence-electron chi connectivity index (χ2n) is 7.32. The molecule has 5 rings (SSSR count). The van der Waals surface area contributed by atoms with Gasteiger partial charge in [0.25, 0.3) is 0 Å². The molecule has 0 atom stereocenters. The third-order valence-corrected chi connectivity index (χ3v) is 5.43. The Morgan fingerprint density at radius 2 is 2.00 bits per heavy atom. The van der Waals surface area contributed by atoms with E-state index in [2.05, 4.69) is 40.9 Å². The summed E-state index contributed by atoms with van der Waals surface area (Å²) in [6, 6.07) is 15.9. The number of pyridine rings is 1. The van der Waals surface area contributed by atoms with E-state index in [0.29, 0.717) is 5.56 Å². The van der Waals surface area contributed by atoms with Gasteiger partial charge in [-0.2, -0.15) is 5.10 Å². The fourth-order valence-corrected chi connectivity index (χ4v) is 4.13. The summed E-state index contributed by atoms with van der Waals surface area (Å²) in [5, 5.41) is 5.87. The third kappa shape index (κ3) is 3.07. The minimum absolute atomic E-state index is 0. The van der Waals surface area contributed by atoms with Crippen LogP contribution < -0.4 is 5.73 Å². The maximum Gasteiger partial charge on any atom is 0.248 e. The molecule has 3 heterocycles. The lowest BCUT2D eigenvalue weighted by Gasteiger charge is -2.10. The van der Waals surface area contributed by atoms with Crippen molar-refractivity contribution in [1.82, 2.24) is 14.8 Å². The van der Waals surface area contributed by atoms with Gasteiger partial charge < -0.3 is 11.2 Å². The summed E-state index contributed by atoms with van der Waals surface area (Å²) in [6.07, 6.45) is 3.91. The first kappa shape index (κ1) is 18.8. The van der Waals surface area contributed by atoms with E-state index in [-0.39, 0.29) is 5.48 Å². The summed E-state index contributed by atoms with van der Waals surface area (Å²) in [7, 11) is 0. The van der Waals surface area contributed by atoms with Gasteiger partial charge >= 0.3 is 0 Å². The van der Waals surface area contributed by atoms with Crippen LogP contribution in [0.5, 0.6) is 0 Å². The van der Waals surface area contributed by atoms with E-state index < -0.39 is 5.91 Å². The molecule has 146 valence electrons. The van der Waals surface area contributed by atoms with E-state index in [0.717, 1.165) is 52.7 Å². The number of primary amides is 1. The molecule has 1 aliphatic heterocycles. The monoisotopic (exact) mass is 386 g/mol. The zero-order valence-electron chi connectivity index (χ0n) is 16.1. The first-order valence-electron chi connectivity index (χ1n) is 9.47. The Balaban J connectivity index is 0.00000205. The van der Waals surface area contributed by atoms with Crippen molar-refractivity contribution in [3.05, 3.63) is 71.5 Å². The smallest absolute Gasteiger partial charge is 0.248 e. The number of carbonyl (C=O) groups excluding carboxylic acids is 1. The molecule has 0 saturated heterocycles. The number of benzene rings is 2. The Kier molecular flexibility index (Phi) is 4.64. The molecule has 4 aromatic rings. The summed E-state index contributed by atoms with van der Waals surface area (Å²) in [5.41, 5.74) is 13.6. The number of amides is 1. The highest BCUT2D eigenvalue weighted by atomic mass is 16.1. The molecule has 0 bridgehead atoms. The van der Waals surface area contributed by atoms with Crippen LogP contribution in [0.15, 0.2) is 54.7 Å². The molecule has 6 heteroatoms. The average molecular weight is 386 g/mol. The van der Waals surface area contributed by atoms with Gasteiger partial charge in [-0.3, -0.25) is 14.5 Å². The molecular formula is C23H22N4O2. The highest BCUT2D eigenvalue weighted by Gasteiger charge is 2.25. The predicted molar refractivity (Wildman–Crippen MR) is 114 cm³/mol. The summed E-state index contributed by atoms with van der Waals surface area (Å²) in [6.45, 7) is 3.03. The zero-order valence-corrected chi connectivity index (χ0v) is 16.1. The minimum atomic E-state index is -0.434. The molecule has 0 fully saturated rings. The summed E-state index contributed by atoms with van der Waals surface area (Å²) >= 11 is 0. The van der Waals surface area contributed by atoms with Crippen molar-refractivity contribution in [3.63, 3.8) is 0 Å². The van der Waals surface area contributed by atoms with E-state index in [1.165, 1.54) is 11.3 Å². The topological polar surface area (TPSA) is 105 Å². The predicted octanol–water partition coefficient (Wildman–Crippen LogP) is 3.29. The van der Waals surface area contributed by atoms with Crippen LogP contribution in [0.4, 0.5) is 0 Å². The van der Waals surface area contributed by atoms with Crippen molar-refractivity contribution in [2.24, 2.45) is 5.73 Å². The normalized spacial score (nSPS) is 12.6. The Hall–Kier alpha value is -3.51. The summed E-state index contributed by atoms with van der Waals surface area (Å²) in [5.74, 6) is -0.434. The van der Waals surface area contributed by atoms with Crippen molar-refractivity contribution in [1.29, 1.82) is 0 Å². The van der Waals surface area contributed by atoms with Crippen molar-refractivity contribution >= 4 is 16.8 Å². The molecule has 0 unspecified atom stereocenters. The highest BCUT2D eigenvalue weighted by Crippen LogP contribution is 2.40. The Morgan fingerprint density at radius 1 is 1.14 bits per heavy atom. The Bertz CT molecular complexity index is 1240.